The molecule has 0 radical (unpaired) electrons. The van der Waals surface area contributed by atoms with Crippen LogP contribution in [0.5, 0.6) is 0 Å². The summed E-state index contributed by atoms with van der Waals surface area (Å²) < 4.78 is 0. The van der Waals surface area contributed by atoms with Crippen molar-refractivity contribution in [1.29, 1.82) is 0 Å². The van der Waals surface area contributed by atoms with Gasteiger partial charge in [0.15, 0.2) is 0 Å². The number of nitrogens with one attached hydrogen (secondary N) is 2. The van der Waals surface area contributed by atoms with Gasteiger partial charge in [-0.1, -0.05) is 18.2 Å². The maximum atomic E-state index is 13.2. The largest absolute Gasteiger partial charge is 0.369 e. The quantitative estimate of drug-likeness (QED) is 0.554. The smallest absolute Gasteiger partial charge is 0.249 e. The van der Waals surface area contributed by atoms with Gasteiger partial charge in [-0.15, -0.1) is 0 Å². The summed E-state index contributed by atoms with van der Waals surface area (Å²) in [6, 6.07) is 14.9. The molecule has 1 fully saturated rings. The summed E-state index contributed by atoms with van der Waals surface area (Å²) in [6.07, 6.45) is 1.17. The normalized spacial score (nSPS) is 20.9. The number of imide groups is 1. The molecule has 2 atom stereocenters. The standard InChI is InChI=1S/C24H27N5O3/c1-15(2)29-13-12-18(23(31)25-20-9-11-22(30)26-24(20)32)19-14-17(8-10-21(19)29)28-27-16-6-4-3-5-7-16/h3-8,10,14-15,18,20H,9,11-13H2,1-2H3,(H,25,31)(H,26,30,32)/t18?,20-/m0/s1. The average Bonchev–Trinajstić information content (AvgIpc) is 2.79. The van der Waals surface area contributed by atoms with E-state index >= 15 is 0 Å². The molecule has 2 aliphatic rings. The van der Waals surface area contributed by atoms with Crippen LogP contribution in [0.1, 0.15) is 44.6 Å². The third-order valence-electron chi connectivity index (χ3n) is 5.89. The van der Waals surface area contributed by atoms with Gasteiger partial charge in [0.25, 0.3) is 0 Å². The van der Waals surface area contributed by atoms with Gasteiger partial charge in [-0.3, -0.25) is 19.7 Å². The zero-order valence-corrected chi connectivity index (χ0v) is 18.2. The predicted octanol–water partition coefficient (Wildman–Crippen LogP) is 3.73. The average molecular weight is 434 g/mol. The summed E-state index contributed by atoms with van der Waals surface area (Å²) in [4.78, 5) is 38.9. The molecule has 32 heavy (non-hydrogen) atoms. The number of rotatable bonds is 5. The molecule has 2 heterocycles. The van der Waals surface area contributed by atoms with Crippen LogP contribution in [0.2, 0.25) is 0 Å². The number of piperidine rings is 1. The van der Waals surface area contributed by atoms with E-state index in [1.54, 1.807) is 0 Å². The maximum absolute atomic E-state index is 13.2. The highest BCUT2D eigenvalue weighted by Crippen LogP contribution is 2.39. The molecule has 2 aromatic rings. The Hall–Kier alpha value is -3.55. The number of carbonyl (C=O) groups excluding carboxylic acids is 3. The molecule has 1 saturated heterocycles. The fourth-order valence-corrected chi connectivity index (χ4v) is 4.21. The lowest BCUT2D eigenvalue weighted by atomic mass is 9.87. The van der Waals surface area contributed by atoms with Crippen LogP contribution in [-0.4, -0.2) is 36.3 Å². The number of hydrogen-bond donors (Lipinski definition) is 2. The van der Waals surface area contributed by atoms with E-state index in [2.05, 4.69) is 39.6 Å². The van der Waals surface area contributed by atoms with E-state index in [0.29, 0.717) is 18.5 Å². The van der Waals surface area contributed by atoms with Crippen molar-refractivity contribution >= 4 is 34.8 Å². The topological polar surface area (TPSA) is 103 Å². The summed E-state index contributed by atoms with van der Waals surface area (Å²) in [5.74, 6) is -1.36. The second-order valence-corrected chi connectivity index (χ2v) is 8.42. The SMILES string of the molecule is CC(C)N1CCC(C(=O)N[C@H]2CCC(=O)NC2=O)c2cc(N=Nc3ccccc3)ccc21. The third-order valence-corrected chi connectivity index (χ3v) is 5.89. The van der Waals surface area contributed by atoms with Gasteiger partial charge in [0, 0.05) is 24.7 Å². The summed E-state index contributed by atoms with van der Waals surface area (Å²) in [7, 11) is 0. The van der Waals surface area contributed by atoms with E-state index in [0.717, 1.165) is 23.5 Å². The van der Waals surface area contributed by atoms with Gasteiger partial charge in [-0.2, -0.15) is 10.2 Å². The van der Waals surface area contributed by atoms with Crippen LogP contribution in [0, 0.1) is 0 Å². The number of nitrogens with zero attached hydrogens (tertiary/aromatic N) is 3. The first-order valence-corrected chi connectivity index (χ1v) is 10.9. The van der Waals surface area contributed by atoms with E-state index < -0.39 is 17.9 Å². The molecular formula is C24H27N5O3. The Labute approximate surface area is 187 Å². The van der Waals surface area contributed by atoms with Crippen molar-refractivity contribution in [2.75, 3.05) is 11.4 Å². The number of azo groups is 1. The predicted molar refractivity (Wildman–Crippen MR) is 121 cm³/mol. The summed E-state index contributed by atoms with van der Waals surface area (Å²) in [6.45, 7) is 4.98. The van der Waals surface area contributed by atoms with E-state index in [1.807, 2.05) is 48.5 Å². The monoisotopic (exact) mass is 433 g/mol. The Morgan fingerprint density at radius 1 is 1.06 bits per heavy atom. The van der Waals surface area contributed by atoms with Crippen LogP contribution in [0.3, 0.4) is 0 Å². The first-order valence-electron chi connectivity index (χ1n) is 10.9. The van der Waals surface area contributed by atoms with Crippen LogP contribution in [0.25, 0.3) is 0 Å². The van der Waals surface area contributed by atoms with Crippen LogP contribution in [0.4, 0.5) is 17.1 Å². The molecule has 2 aromatic carbocycles. The summed E-state index contributed by atoms with van der Waals surface area (Å²) >= 11 is 0. The summed E-state index contributed by atoms with van der Waals surface area (Å²) in [5, 5.41) is 13.8. The molecular weight excluding hydrogens is 406 g/mol. The molecule has 1 unspecified atom stereocenters. The first-order chi connectivity index (χ1) is 15.4. The second-order valence-electron chi connectivity index (χ2n) is 8.42. The third kappa shape index (κ3) is 4.69. The van der Waals surface area contributed by atoms with E-state index in [4.69, 9.17) is 0 Å². The number of anilines is 1. The number of fused-ring (bicyclic) bond motifs is 1. The molecule has 166 valence electrons. The Bertz CT molecular complexity index is 1050. The van der Waals surface area contributed by atoms with Crippen LogP contribution in [0.15, 0.2) is 58.8 Å². The van der Waals surface area contributed by atoms with Crippen molar-refractivity contribution in [3.8, 4) is 0 Å². The molecule has 0 bridgehead atoms. The van der Waals surface area contributed by atoms with Crippen LogP contribution >= 0.6 is 0 Å². The Morgan fingerprint density at radius 3 is 2.53 bits per heavy atom. The number of hydrogen-bond acceptors (Lipinski definition) is 6. The fourth-order valence-electron chi connectivity index (χ4n) is 4.21. The van der Waals surface area contributed by atoms with E-state index in [1.165, 1.54) is 0 Å². The maximum Gasteiger partial charge on any atom is 0.249 e. The molecule has 0 aromatic heterocycles. The lowest BCUT2D eigenvalue weighted by Crippen LogP contribution is -2.53. The Morgan fingerprint density at radius 2 is 1.81 bits per heavy atom. The van der Waals surface area contributed by atoms with Gasteiger partial charge in [-0.25, -0.2) is 0 Å². The molecule has 2 aliphatic heterocycles. The number of carbonyl (C=O) groups is 3. The van der Waals surface area contributed by atoms with Crippen LogP contribution in [-0.2, 0) is 14.4 Å². The highest BCUT2D eigenvalue weighted by molar-refractivity contribution is 6.02. The van der Waals surface area contributed by atoms with Crippen molar-refractivity contribution in [3.05, 3.63) is 54.1 Å². The zero-order valence-electron chi connectivity index (χ0n) is 18.2. The Kier molecular flexibility index (Phi) is 6.30. The number of benzene rings is 2. The lowest BCUT2D eigenvalue weighted by Gasteiger charge is -2.38. The number of amides is 3. The van der Waals surface area contributed by atoms with Crippen molar-refractivity contribution in [2.45, 2.75) is 51.1 Å². The lowest BCUT2D eigenvalue weighted by molar-refractivity contribution is -0.137. The van der Waals surface area contributed by atoms with E-state index in [9.17, 15) is 14.4 Å². The highest BCUT2D eigenvalue weighted by Gasteiger charge is 2.35. The van der Waals surface area contributed by atoms with Crippen molar-refractivity contribution in [3.63, 3.8) is 0 Å². The molecule has 0 spiro atoms. The second kappa shape index (κ2) is 9.30. The molecule has 8 nitrogen and oxygen atoms in total. The van der Waals surface area contributed by atoms with E-state index in [-0.39, 0.29) is 24.3 Å². The van der Waals surface area contributed by atoms with Gasteiger partial charge in [0.05, 0.1) is 17.3 Å². The Balaban J connectivity index is 1.60. The van der Waals surface area contributed by atoms with Gasteiger partial charge < -0.3 is 10.2 Å². The van der Waals surface area contributed by atoms with Crippen molar-refractivity contribution in [1.82, 2.24) is 10.6 Å². The zero-order chi connectivity index (χ0) is 22.7. The molecule has 2 N–H and O–H groups in total. The summed E-state index contributed by atoms with van der Waals surface area (Å²) in [5.41, 5.74) is 3.28. The highest BCUT2D eigenvalue weighted by atomic mass is 16.2. The van der Waals surface area contributed by atoms with Gasteiger partial charge in [0.1, 0.15) is 6.04 Å². The minimum atomic E-state index is -0.687. The van der Waals surface area contributed by atoms with Crippen molar-refractivity contribution < 1.29 is 14.4 Å². The van der Waals surface area contributed by atoms with Gasteiger partial charge in [-0.05, 0) is 62.6 Å². The molecule has 3 amide bonds. The molecule has 0 aliphatic carbocycles. The molecule has 0 saturated carbocycles. The molecule has 4 rings (SSSR count). The van der Waals surface area contributed by atoms with Crippen LogP contribution < -0.4 is 15.5 Å². The molecule has 8 heteroatoms. The first kappa shape index (κ1) is 21.7. The minimum Gasteiger partial charge on any atom is -0.369 e. The van der Waals surface area contributed by atoms with Gasteiger partial charge in [0.2, 0.25) is 17.7 Å². The fraction of sp³-hybridized carbons (Fsp3) is 0.375. The minimum absolute atomic E-state index is 0.207. The van der Waals surface area contributed by atoms with Gasteiger partial charge >= 0.3 is 0 Å². The van der Waals surface area contributed by atoms with Crippen molar-refractivity contribution in [2.24, 2.45) is 10.2 Å².